The van der Waals surface area contributed by atoms with E-state index in [9.17, 15) is 0 Å². The average Bonchev–Trinajstić information content (AvgIpc) is 2.92. The van der Waals surface area contributed by atoms with E-state index in [0.29, 0.717) is 5.56 Å². The highest BCUT2D eigenvalue weighted by Crippen LogP contribution is 2.24. The first-order valence-electron chi connectivity index (χ1n) is 6.37. The van der Waals surface area contributed by atoms with E-state index in [4.69, 9.17) is 5.26 Å². The molecule has 2 aromatic rings. The highest BCUT2D eigenvalue weighted by Gasteiger charge is 2.07. The Labute approximate surface area is 117 Å². The molecule has 0 saturated heterocycles. The molecule has 4 nitrogen and oxygen atoms in total. The standard InChI is InChI=1S/C14H16N4S/c1-2-7-16-8-6-13-17-18-14(19-13)12-5-3-4-11(9-12)10-15/h3-5,9,16H,2,6-8H2,1H3. The number of rotatable bonds is 6. The summed E-state index contributed by atoms with van der Waals surface area (Å²) in [7, 11) is 0. The monoisotopic (exact) mass is 272 g/mol. The maximum Gasteiger partial charge on any atom is 0.147 e. The lowest BCUT2D eigenvalue weighted by molar-refractivity contribution is 0.668. The predicted octanol–water partition coefficient (Wildman–Crippen LogP) is 2.62. The Bertz CT molecular complexity index is 571. The number of benzene rings is 1. The van der Waals surface area contributed by atoms with Gasteiger partial charge in [-0.15, -0.1) is 10.2 Å². The summed E-state index contributed by atoms with van der Waals surface area (Å²) in [6, 6.07) is 9.61. The first-order chi connectivity index (χ1) is 9.33. The maximum absolute atomic E-state index is 8.89. The second-order valence-corrected chi connectivity index (χ2v) is 5.26. The van der Waals surface area contributed by atoms with Crippen LogP contribution in [-0.2, 0) is 6.42 Å². The fourth-order valence-electron chi connectivity index (χ4n) is 1.69. The zero-order valence-electron chi connectivity index (χ0n) is 10.9. The third kappa shape index (κ3) is 3.85. The van der Waals surface area contributed by atoms with Gasteiger partial charge in [-0.05, 0) is 25.1 Å². The summed E-state index contributed by atoms with van der Waals surface area (Å²) < 4.78 is 0. The van der Waals surface area contributed by atoms with Crippen LogP contribution >= 0.6 is 11.3 Å². The van der Waals surface area contributed by atoms with Gasteiger partial charge in [0.15, 0.2) is 0 Å². The third-order valence-corrected chi connectivity index (χ3v) is 3.68. The fraction of sp³-hybridized carbons (Fsp3) is 0.357. The second kappa shape index (κ2) is 6.98. The highest BCUT2D eigenvalue weighted by molar-refractivity contribution is 7.14. The van der Waals surface area contributed by atoms with Crippen LogP contribution in [0.4, 0.5) is 0 Å². The van der Waals surface area contributed by atoms with E-state index < -0.39 is 0 Å². The molecule has 19 heavy (non-hydrogen) atoms. The van der Waals surface area contributed by atoms with E-state index in [1.807, 2.05) is 18.2 Å². The molecule has 0 fully saturated rings. The van der Waals surface area contributed by atoms with Crippen molar-refractivity contribution >= 4 is 11.3 Å². The summed E-state index contributed by atoms with van der Waals surface area (Å²) in [5.41, 5.74) is 1.61. The molecule has 0 amide bonds. The molecule has 0 unspecified atom stereocenters. The van der Waals surface area contributed by atoms with E-state index in [1.165, 1.54) is 0 Å². The van der Waals surface area contributed by atoms with E-state index in [0.717, 1.165) is 41.5 Å². The molecular formula is C14H16N4S. The SMILES string of the molecule is CCCNCCc1nnc(-c2cccc(C#N)c2)s1. The zero-order chi connectivity index (χ0) is 13.5. The molecule has 5 heteroatoms. The Balaban J connectivity index is 2.02. The van der Waals surface area contributed by atoms with Crippen molar-refractivity contribution in [1.29, 1.82) is 5.26 Å². The fourth-order valence-corrected chi connectivity index (χ4v) is 2.53. The molecule has 0 spiro atoms. The normalized spacial score (nSPS) is 10.3. The average molecular weight is 272 g/mol. The Morgan fingerprint density at radius 3 is 3.00 bits per heavy atom. The predicted molar refractivity (Wildman–Crippen MR) is 76.9 cm³/mol. The molecule has 2 rings (SSSR count). The minimum Gasteiger partial charge on any atom is -0.316 e. The molecule has 0 aliphatic heterocycles. The van der Waals surface area contributed by atoms with Gasteiger partial charge in [-0.1, -0.05) is 30.4 Å². The minimum atomic E-state index is 0.652. The van der Waals surface area contributed by atoms with Gasteiger partial charge in [-0.25, -0.2) is 0 Å². The smallest absolute Gasteiger partial charge is 0.147 e. The third-order valence-electron chi connectivity index (χ3n) is 2.65. The molecule has 1 aromatic carbocycles. The summed E-state index contributed by atoms with van der Waals surface area (Å²) >= 11 is 1.59. The van der Waals surface area contributed by atoms with E-state index >= 15 is 0 Å². The highest BCUT2D eigenvalue weighted by atomic mass is 32.1. The zero-order valence-corrected chi connectivity index (χ0v) is 11.7. The van der Waals surface area contributed by atoms with Crippen molar-refractivity contribution < 1.29 is 0 Å². The molecule has 98 valence electrons. The van der Waals surface area contributed by atoms with Crippen LogP contribution in [0.2, 0.25) is 0 Å². The molecule has 1 aromatic heterocycles. The second-order valence-electron chi connectivity index (χ2n) is 4.19. The van der Waals surface area contributed by atoms with Crippen molar-refractivity contribution in [2.75, 3.05) is 13.1 Å². The van der Waals surface area contributed by atoms with Crippen molar-refractivity contribution in [1.82, 2.24) is 15.5 Å². The number of nitriles is 1. The molecule has 1 N–H and O–H groups in total. The molecule has 0 bridgehead atoms. The number of aromatic nitrogens is 2. The largest absolute Gasteiger partial charge is 0.316 e. The summed E-state index contributed by atoms with van der Waals surface area (Å²) in [5, 5.41) is 22.5. The first-order valence-corrected chi connectivity index (χ1v) is 7.18. The number of nitrogens with one attached hydrogen (secondary N) is 1. The van der Waals surface area contributed by atoms with Gasteiger partial charge in [-0.2, -0.15) is 5.26 Å². The van der Waals surface area contributed by atoms with Crippen molar-refractivity contribution in [3.63, 3.8) is 0 Å². The molecule has 0 atom stereocenters. The minimum absolute atomic E-state index is 0.652. The van der Waals surface area contributed by atoms with E-state index in [2.05, 4.69) is 28.5 Å². The van der Waals surface area contributed by atoms with Gasteiger partial charge in [0, 0.05) is 18.5 Å². The molecule has 0 aliphatic rings. The van der Waals surface area contributed by atoms with Gasteiger partial charge in [0.25, 0.3) is 0 Å². The molecule has 1 heterocycles. The van der Waals surface area contributed by atoms with Gasteiger partial charge < -0.3 is 5.32 Å². The number of hydrogen-bond donors (Lipinski definition) is 1. The van der Waals surface area contributed by atoms with Crippen LogP contribution in [-0.4, -0.2) is 23.3 Å². The van der Waals surface area contributed by atoms with Crippen molar-refractivity contribution in [2.24, 2.45) is 0 Å². The Morgan fingerprint density at radius 2 is 2.21 bits per heavy atom. The quantitative estimate of drug-likeness (QED) is 0.821. The summed E-state index contributed by atoms with van der Waals surface area (Å²) in [6.45, 7) is 4.12. The topological polar surface area (TPSA) is 61.6 Å². The molecule has 0 radical (unpaired) electrons. The Morgan fingerprint density at radius 1 is 1.32 bits per heavy atom. The van der Waals surface area contributed by atoms with Crippen molar-refractivity contribution in [3.8, 4) is 16.6 Å². The Kier molecular flexibility index (Phi) is 5.01. The van der Waals surface area contributed by atoms with Crippen LogP contribution in [0.5, 0.6) is 0 Å². The van der Waals surface area contributed by atoms with Gasteiger partial charge in [0.1, 0.15) is 10.0 Å². The molecular weight excluding hydrogens is 256 g/mol. The van der Waals surface area contributed by atoms with Gasteiger partial charge >= 0.3 is 0 Å². The van der Waals surface area contributed by atoms with Crippen molar-refractivity contribution in [3.05, 3.63) is 34.8 Å². The lowest BCUT2D eigenvalue weighted by Crippen LogP contribution is -2.17. The van der Waals surface area contributed by atoms with Crippen LogP contribution in [0.3, 0.4) is 0 Å². The first kappa shape index (κ1) is 13.7. The van der Waals surface area contributed by atoms with Crippen LogP contribution in [0.25, 0.3) is 10.6 Å². The van der Waals surface area contributed by atoms with Gasteiger partial charge in [0.05, 0.1) is 11.6 Å². The van der Waals surface area contributed by atoms with Gasteiger partial charge in [-0.3, -0.25) is 0 Å². The summed E-state index contributed by atoms with van der Waals surface area (Å²) in [5.74, 6) is 0. The number of nitrogens with zero attached hydrogens (tertiary/aromatic N) is 3. The maximum atomic E-state index is 8.89. The molecule has 0 saturated carbocycles. The van der Waals surface area contributed by atoms with Crippen LogP contribution < -0.4 is 5.32 Å². The van der Waals surface area contributed by atoms with Gasteiger partial charge in [0.2, 0.25) is 0 Å². The lowest BCUT2D eigenvalue weighted by Gasteiger charge is -1.98. The lowest BCUT2D eigenvalue weighted by atomic mass is 10.1. The van der Waals surface area contributed by atoms with E-state index in [-0.39, 0.29) is 0 Å². The number of hydrogen-bond acceptors (Lipinski definition) is 5. The van der Waals surface area contributed by atoms with Crippen LogP contribution in [0.15, 0.2) is 24.3 Å². The summed E-state index contributed by atoms with van der Waals surface area (Å²) in [6.07, 6.45) is 2.04. The van der Waals surface area contributed by atoms with Crippen LogP contribution in [0.1, 0.15) is 23.9 Å². The van der Waals surface area contributed by atoms with Crippen molar-refractivity contribution in [2.45, 2.75) is 19.8 Å². The Hall–Kier alpha value is -1.77. The molecule has 0 aliphatic carbocycles. The van der Waals surface area contributed by atoms with Crippen LogP contribution in [0, 0.1) is 11.3 Å². The van der Waals surface area contributed by atoms with E-state index in [1.54, 1.807) is 17.4 Å². The summed E-state index contributed by atoms with van der Waals surface area (Å²) in [4.78, 5) is 0.